The van der Waals surface area contributed by atoms with Gasteiger partial charge >= 0.3 is 5.97 Å². The number of esters is 1. The van der Waals surface area contributed by atoms with Crippen LogP contribution in [0.25, 0.3) is 0 Å². The van der Waals surface area contributed by atoms with Crippen LogP contribution in [0.5, 0.6) is 0 Å². The number of ether oxygens (including phenoxy) is 1. The van der Waals surface area contributed by atoms with Crippen LogP contribution in [0.4, 0.5) is 0 Å². The zero-order valence-corrected chi connectivity index (χ0v) is 6.26. The largest absolute Gasteiger partial charge is 0.461 e. The zero-order chi connectivity index (χ0) is 7.98. The molecule has 58 valence electrons. The summed E-state index contributed by atoms with van der Waals surface area (Å²) in [7, 11) is 0. The molecule has 0 bridgehead atoms. The predicted molar refractivity (Wildman–Crippen MR) is 36.6 cm³/mol. The summed E-state index contributed by atoms with van der Waals surface area (Å²) in [5.74, 6) is -0.824. The van der Waals surface area contributed by atoms with Crippen LogP contribution in [0.2, 0.25) is 0 Å². The van der Waals surface area contributed by atoms with E-state index in [1.54, 1.807) is 6.92 Å². The van der Waals surface area contributed by atoms with Crippen molar-refractivity contribution >= 4 is 23.3 Å². The van der Waals surface area contributed by atoms with Gasteiger partial charge in [0.2, 0.25) is 0 Å². The first-order valence-corrected chi connectivity index (χ1v) is 3.23. The van der Waals surface area contributed by atoms with E-state index >= 15 is 0 Å². The minimum atomic E-state index is -0.681. The first kappa shape index (κ1) is 9.23. The summed E-state index contributed by atoms with van der Waals surface area (Å²) < 4.78 is 4.47. The highest BCUT2D eigenvalue weighted by Gasteiger charge is 2.10. The van der Waals surface area contributed by atoms with Gasteiger partial charge in [0.25, 0.3) is 0 Å². The van der Waals surface area contributed by atoms with E-state index in [0.29, 0.717) is 0 Å². The first-order valence-electron chi connectivity index (χ1n) is 2.70. The van der Waals surface area contributed by atoms with Gasteiger partial charge in [-0.1, -0.05) is 5.16 Å². The van der Waals surface area contributed by atoms with E-state index in [4.69, 9.17) is 16.8 Å². The number of carbonyl (C=O) groups excluding carboxylic acids is 1. The van der Waals surface area contributed by atoms with E-state index in [9.17, 15) is 4.79 Å². The van der Waals surface area contributed by atoms with Crippen molar-refractivity contribution in [1.82, 2.24) is 0 Å². The van der Waals surface area contributed by atoms with E-state index in [1.165, 1.54) is 0 Å². The zero-order valence-electron chi connectivity index (χ0n) is 5.50. The van der Waals surface area contributed by atoms with E-state index in [0.717, 1.165) is 0 Å². The summed E-state index contributed by atoms with van der Waals surface area (Å²) in [6.45, 7) is 1.90. The number of rotatable bonds is 3. The number of hydrogen-bond donors (Lipinski definition) is 1. The molecule has 0 radical (unpaired) electrons. The highest BCUT2D eigenvalue weighted by Crippen LogP contribution is 1.87. The second kappa shape index (κ2) is 5.05. The molecule has 10 heavy (non-hydrogen) atoms. The number of oxime groups is 1. The molecule has 0 aliphatic heterocycles. The Bertz CT molecular complexity index is 146. The van der Waals surface area contributed by atoms with Crippen LogP contribution in [0, 0.1) is 0 Å². The Kier molecular flexibility index (Phi) is 4.66. The average Bonchev–Trinajstić information content (AvgIpc) is 1.91. The Morgan fingerprint density at radius 2 is 2.40 bits per heavy atom. The van der Waals surface area contributed by atoms with Gasteiger partial charge in [-0.05, 0) is 6.92 Å². The van der Waals surface area contributed by atoms with Crippen LogP contribution in [-0.2, 0) is 9.53 Å². The van der Waals surface area contributed by atoms with Crippen LogP contribution in [0.3, 0.4) is 0 Å². The van der Waals surface area contributed by atoms with Crippen molar-refractivity contribution in [3.05, 3.63) is 0 Å². The maximum atomic E-state index is 10.6. The Morgan fingerprint density at radius 3 is 2.70 bits per heavy atom. The fourth-order valence-corrected chi connectivity index (χ4v) is 0.499. The summed E-state index contributed by atoms with van der Waals surface area (Å²) in [5, 5.41) is 10.8. The molecule has 0 aromatic carbocycles. The van der Waals surface area contributed by atoms with E-state index in [-0.39, 0.29) is 18.2 Å². The molecule has 0 spiro atoms. The van der Waals surface area contributed by atoms with Crippen LogP contribution in [0.1, 0.15) is 6.92 Å². The second-order valence-corrected chi connectivity index (χ2v) is 1.67. The maximum absolute atomic E-state index is 10.6. The Hall–Kier alpha value is -0.770. The molecular weight excluding hydrogens is 158 g/mol. The fourth-order valence-electron chi connectivity index (χ4n) is 0.337. The fraction of sp³-hybridized carbons (Fsp3) is 0.600. The van der Waals surface area contributed by atoms with Crippen LogP contribution < -0.4 is 0 Å². The quantitative estimate of drug-likeness (QED) is 0.219. The van der Waals surface area contributed by atoms with Crippen molar-refractivity contribution in [1.29, 1.82) is 0 Å². The maximum Gasteiger partial charge on any atom is 0.357 e. The van der Waals surface area contributed by atoms with Gasteiger partial charge in [-0.15, -0.1) is 11.6 Å². The molecule has 0 aromatic rings. The summed E-state index contributed by atoms with van der Waals surface area (Å²) >= 11 is 5.21. The Balaban J connectivity index is 3.91. The van der Waals surface area contributed by atoms with Crippen molar-refractivity contribution in [3.8, 4) is 0 Å². The van der Waals surface area contributed by atoms with E-state index < -0.39 is 5.97 Å². The molecule has 0 heterocycles. The van der Waals surface area contributed by atoms with Crippen LogP contribution in [-0.4, -0.2) is 29.4 Å². The number of hydrogen-bond acceptors (Lipinski definition) is 4. The van der Waals surface area contributed by atoms with Crippen molar-refractivity contribution in [3.63, 3.8) is 0 Å². The second-order valence-electron chi connectivity index (χ2n) is 1.40. The molecular formula is C5H8ClNO3. The normalized spacial score (nSPS) is 11.2. The average molecular weight is 166 g/mol. The minimum Gasteiger partial charge on any atom is -0.461 e. The molecule has 0 fully saturated rings. The third-order valence-corrected chi connectivity index (χ3v) is 1.01. The SMILES string of the molecule is CCOC(=O)/C(CCl)=N/O. The van der Waals surface area contributed by atoms with E-state index in [2.05, 4.69) is 9.89 Å². The van der Waals surface area contributed by atoms with Gasteiger partial charge < -0.3 is 9.94 Å². The van der Waals surface area contributed by atoms with Gasteiger partial charge in [-0.3, -0.25) is 0 Å². The lowest BCUT2D eigenvalue weighted by molar-refractivity contribution is -0.135. The third kappa shape index (κ3) is 2.68. The number of nitrogens with zero attached hydrogens (tertiary/aromatic N) is 1. The van der Waals surface area contributed by atoms with Crippen molar-refractivity contribution in [2.75, 3.05) is 12.5 Å². The molecule has 0 saturated carbocycles. The summed E-state index contributed by atoms with van der Waals surface area (Å²) in [5.41, 5.74) is -0.177. The van der Waals surface area contributed by atoms with E-state index in [1.807, 2.05) is 0 Å². The van der Waals surface area contributed by atoms with Gasteiger partial charge in [-0.2, -0.15) is 0 Å². The molecule has 0 aromatic heterocycles. The minimum absolute atomic E-state index is 0.144. The predicted octanol–water partition coefficient (Wildman–Crippen LogP) is 0.619. The van der Waals surface area contributed by atoms with Gasteiger partial charge in [0, 0.05) is 0 Å². The lowest BCUT2D eigenvalue weighted by atomic mass is 10.4. The molecule has 0 saturated heterocycles. The smallest absolute Gasteiger partial charge is 0.357 e. The molecule has 0 rings (SSSR count). The molecule has 0 aliphatic carbocycles. The monoisotopic (exact) mass is 165 g/mol. The summed E-state index contributed by atoms with van der Waals surface area (Å²) in [6, 6.07) is 0. The highest BCUT2D eigenvalue weighted by molar-refractivity contribution is 6.47. The van der Waals surface area contributed by atoms with Gasteiger partial charge in [0.15, 0.2) is 5.71 Å². The van der Waals surface area contributed by atoms with Crippen LogP contribution >= 0.6 is 11.6 Å². The molecule has 4 nitrogen and oxygen atoms in total. The summed E-state index contributed by atoms with van der Waals surface area (Å²) in [4.78, 5) is 10.6. The van der Waals surface area contributed by atoms with Gasteiger partial charge in [0.1, 0.15) is 0 Å². The van der Waals surface area contributed by atoms with Crippen LogP contribution in [0.15, 0.2) is 5.16 Å². The lowest BCUT2D eigenvalue weighted by Crippen LogP contribution is -2.18. The van der Waals surface area contributed by atoms with Crippen molar-refractivity contribution in [2.24, 2.45) is 5.16 Å². The molecule has 1 N–H and O–H groups in total. The lowest BCUT2D eigenvalue weighted by Gasteiger charge is -1.98. The van der Waals surface area contributed by atoms with Gasteiger partial charge in [0.05, 0.1) is 12.5 Å². The highest BCUT2D eigenvalue weighted by atomic mass is 35.5. The molecule has 0 unspecified atom stereocenters. The van der Waals surface area contributed by atoms with Crippen molar-refractivity contribution in [2.45, 2.75) is 6.92 Å². The topological polar surface area (TPSA) is 58.9 Å². The van der Waals surface area contributed by atoms with Gasteiger partial charge in [-0.25, -0.2) is 4.79 Å². The standard InChI is InChI=1S/C5H8ClNO3/c1-2-10-5(8)4(3-6)7-9/h9H,2-3H2,1H3/b7-4+. The molecule has 0 atom stereocenters. The third-order valence-electron chi connectivity index (χ3n) is 0.758. The number of halogens is 1. The Labute approximate surface area is 63.4 Å². The first-order chi connectivity index (χ1) is 4.76. The Morgan fingerprint density at radius 1 is 1.80 bits per heavy atom. The molecule has 0 amide bonds. The summed E-state index contributed by atoms with van der Waals surface area (Å²) in [6.07, 6.45) is 0. The molecule has 5 heteroatoms. The van der Waals surface area contributed by atoms with Crippen molar-refractivity contribution < 1.29 is 14.7 Å². The number of alkyl halides is 1. The molecule has 0 aliphatic rings. The number of carbonyl (C=O) groups is 1.